The number of carbonyl (C=O) groups excluding carboxylic acids is 1. The molecule has 17 heavy (non-hydrogen) atoms. The Morgan fingerprint density at radius 2 is 2.24 bits per heavy atom. The average Bonchev–Trinajstić information content (AvgIpc) is 3.10. The molecule has 3 nitrogen and oxygen atoms in total. The largest absolute Gasteiger partial charge is 0.447 e. The Balaban J connectivity index is 1.79. The van der Waals surface area contributed by atoms with Crippen molar-refractivity contribution in [3.8, 4) is 0 Å². The zero-order chi connectivity index (χ0) is 12.1. The maximum Gasteiger partial charge on any atom is 0.410 e. The van der Waals surface area contributed by atoms with Crippen molar-refractivity contribution >= 4 is 6.09 Å². The maximum atomic E-state index is 11.9. The van der Waals surface area contributed by atoms with Crippen LogP contribution >= 0.6 is 0 Å². The van der Waals surface area contributed by atoms with Crippen LogP contribution in [0, 0.1) is 22.2 Å². The minimum Gasteiger partial charge on any atom is -0.447 e. The zero-order valence-corrected chi connectivity index (χ0v) is 11.0. The third kappa shape index (κ3) is 0.913. The van der Waals surface area contributed by atoms with Gasteiger partial charge in [-0.15, -0.1) is 0 Å². The van der Waals surface area contributed by atoms with Crippen LogP contribution in [0.3, 0.4) is 0 Å². The van der Waals surface area contributed by atoms with E-state index in [-0.39, 0.29) is 11.5 Å². The highest BCUT2D eigenvalue weighted by atomic mass is 16.6. The van der Waals surface area contributed by atoms with E-state index in [2.05, 4.69) is 20.8 Å². The summed E-state index contributed by atoms with van der Waals surface area (Å²) in [4.78, 5) is 13.9. The topological polar surface area (TPSA) is 29.5 Å². The molecule has 2 saturated carbocycles. The van der Waals surface area contributed by atoms with Crippen LogP contribution in [0.5, 0.6) is 0 Å². The van der Waals surface area contributed by atoms with Crippen LogP contribution in [0.2, 0.25) is 0 Å². The summed E-state index contributed by atoms with van der Waals surface area (Å²) >= 11 is 0. The molecule has 3 heteroatoms. The molecule has 0 aromatic heterocycles. The molecule has 4 fully saturated rings. The predicted molar refractivity (Wildman–Crippen MR) is 63.5 cm³/mol. The third-order valence-corrected chi connectivity index (χ3v) is 6.67. The standard InChI is InChI=1S/C14H21NO2/c1-4-13(3)9-5-14(9)7-12(14,2)8-15-10(13)6-17-11(15)16/h9-10H,4-8H2,1-3H3. The quantitative estimate of drug-likeness (QED) is 0.699. The Hall–Kier alpha value is -0.730. The monoisotopic (exact) mass is 235 g/mol. The van der Waals surface area contributed by atoms with E-state index < -0.39 is 0 Å². The van der Waals surface area contributed by atoms with Gasteiger partial charge in [0.05, 0.1) is 6.04 Å². The van der Waals surface area contributed by atoms with Gasteiger partial charge in [-0.05, 0) is 41.4 Å². The number of hydrogen-bond acceptors (Lipinski definition) is 2. The first kappa shape index (κ1) is 10.2. The molecule has 2 heterocycles. The summed E-state index contributed by atoms with van der Waals surface area (Å²) in [6.45, 7) is 8.58. The molecule has 4 rings (SSSR count). The van der Waals surface area contributed by atoms with Crippen LogP contribution in [0.4, 0.5) is 4.79 Å². The molecule has 0 bridgehead atoms. The molecular formula is C14H21NO2. The van der Waals surface area contributed by atoms with Gasteiger partial charge < -0.3 is 9.64 Å². The lowest BCUT2D eigenvalue weighted by Gasteiger charge is -2.37. The normalized spacial score (nSPS) is 58.8. The summed E-state index contributed by atoms with van der Waals surface area (Å²) in [6, 6.07) is 0.328. The van der Waals surface area contributed by atoms with Gasteiger partial charge in [0.15, 0.2) is 0 Å². The van der Waals surface area contributed by atoms with E-state index in [1.165, 1.54) is 12.8 Å². The van der Waals surface area contributed by atoms with E-state index in [0.717, 1.165) is 18.9 Å². The van der Waals surface area contributed by atoms with Gasteiger partial charge in [-0.25, -0.2) is 4.79 Å². The highest BCUT2D eigenvalue weighted by molar-refractivity contribution is 5.71. The van der Waals surface area contributed by atoms with Crippen LogP contribution in [-0.4, -0.2) is 30.2 Å². The number of amides is 1. The van der Waals surface area contributed by atoms with Gasteiger partial charge in [-0.1, -0.05) is 20.8 Å². The van der Waals surface area contributed by atoms with Crippen molar-refractivity contribution in [3.05, 3.63) is 0 Å². The van der Waals surface area contributed by atoms with E-state index >= 15 is 0 Å². The fourth-order valence-electron chi connectivity index (χ4n) is 5.16. The number of carbonyl (C=O) groups is 1. The van der Waals surface area contributed by atoms with Crippen molar-refractivity contribution in [2.24, 2.45) is 22.2 Å². The molecule has 2 saturated heterocycles. The summed E-state index contributed by atoms with van der Waals surface area (Å²) in [5.41, 5.74) is 1.27. The Kier molecular flexibility index (Phi) is 1.50. The Bertz CT molecular complexity index is 422. The average molecular weight is 235 g/mol. The summed E-state index contributed by atoms with van der Waals surface area (Å²) < 4.78 is 5.32. The van der Waals surface area contributed by atoms with Crippen LogP contribution in [0.25, 0.3) is 0 Å². The number of nitrogens with zero attached hydrogens (tertiary/aromatic N) is 1. The van der Waals surface area contributed by atoms with Crippen molar-refractivity contribution in [2.75, 3.05) is 13.2 Å². The molecule has 0 radical (unpaired) electrons. The maximum absolute atomic E-state index is 11.9. The van der Waals surface area contributed by atoms with Crippen LogP contribution in [-0.2, 0) is 4.74 Å². The number of cyclic esters (lactones) is 1. The van der Waals surface area contributed by atoms with Crippen LogP contribution < -0.4 is 0 Å². The summed E-state index contributed by atoms with van der Waals surface area (Å²) in [5, 5.41) is 0. The molecule has 94 valence electrons. The Labute approximate surface area is 102 Å². The molecule has 1 amide bonds. The lowest BCUT2D eigenvalue weighted by molar-refractivity contribution is 0.104. The van der Waals surface area contributed by atoms with E-state index in [1.807, 2.05) is 4.90 Å². The first-order chi connectivity index (χ1) is 7.97. The van der Waals surface area contributed by atoms with Gasteiger partial charge in [0.25, 0.3) is 0 Å². The SMILES string of the molecule is CCC1(C)C2COC(=O)N2CC2(C)CC23CC13. The van der Waals surface area contributed by atoms with Crippen molar-refractivity contribution in [2.45, 2.75) is 46.1 Å². The molecule has 2 aliphatic carbocycles. The molecular weight excluding hydrogens is 214 g/mol. The molecule has 0 aromatic rings. The van der Waals surface area contributed by atoms with Crippen molar-refractivity contribution in [3.63, 3.8) is 0 Å². The number of rotatable bonds is 1. The molecule has 0 aromatic carbocycles. The van der Waals surface area contributed by atoms with Gasteiger partial charge in [0, 0.05) is 6.54 Å². The van der Waals surface area contributed by atoms with Gasteiger partial charge in [0.1, 0.15) is 6.61 Å². The molecule has 4 aliphatic rings. The smallest absolute Gasteiger partial charge is 0.410 e. The van der Waals surface area contributed by atoms with Crippen LogP contribution in [0.1, 0.15) is 40.0 Å². The van der Waals surface area contributed by atoms with Gasteiger partial charge in [-0.2, -0.15) is 0 Å². The van der Waals surface area contributed by atoms with Gasteiger partial charge in [0.2, 0.25) is 0 Å². The first-order valence-corrected chi connectivity index (χ1v) is 6.90. The van der Waals surface area contributed by atoms with E-state index in [1.54, 1.807) is 0 Å². The summed E-state index contributed by atoms with van der Waals surface area (Å²) in [5.74, 6) is 0.828. The third-order valence-electron chi connectivity index (χ3n) is 6.67. The van der Waals surface area contributed by atoms with Crippen molar-refractivity contribution in [1.82, 2.24) is 4.90 Å². The minimum atomic E-state index is -0.0701. The number of ether oxygens (including phenoxy) is 1. The minimum absolute atomic E-state index is 0.0701. The zero-order valence-electron chi connectivity index (χ0n) is 11.0. The van der Waals surface area contributed by atoms with E-state index in [4.69, 9.17) is 4.74 Å². The lowest BCUT2D eigenvalue weighted by Crippen LogP contribution is -2.46. The van der Waals surface area contributed by atoms with E-state index in [9.17, 15) is 4.79 Å². The van der Waals surface area contributed by atoms with Crippen LogP contribution in [0.15, 0.2) is 0 Å². The number of fused-ring (bicyclic) bond motifs is 1. The second-order valence-electron chi connectivity index (χ2n) is 7.23. The predicted octanol–water partition coefficient (Wildman–Crippen LogP) is 2.65. The summed E-state index contributed by atoms with van der Waals surface area (Å²) in [7, 11) is 0. The summed E-state index contributed by atoms with van der Waals surface area (Å²) in [6.07, 6.45) is 3.82. The van der Waals surface area contributed by atoms with Crippen molar-refractivity contribution < 1.29 is 9.53 Å². The molecule has 1 spiro atoms. The van der Waals surface area contributed by atoms with Gasteiger partial charge in [-0.3, -0.25) is 0 Å². The first-order valence-electron chi connectivity index (χ1n) is 6.90. The lowest BCUT2D eigenvalue weighted by atomic mass is 9.74. The molecule has 5 unspecified atom stereocenters. The second-order valence-corrected chi connectivity index (χ2v) is 7.23. The number of hydrogen-bond donors (Lipinski definition) is 0. The highest BCUT2D eigenvalue weighted by Gasteiger charge is 2.83. The molecule has 2 aliphatic heterocycles. The fraction of sp³-hybridized carbons (Fsp3) is 0.929. The Morgan fingerprint density at radius 1 is 1.47 bits per heavy atom. The second kappa shape index (κ2) is 2.50. The Morgan fingerprint density at radius 3 is 2.94 bits per heavy atom. The molecule has 0 N–H and O–H groups in total. The van der Waals surface area contributed by atoms with E-state index in [0.29, 0.717) is 23.5 Å². The molecule has 5 atom stereocenters. The van der Waals surface area contributed by atoms with Crippen molar-refractivity contribution in [1.29, 1.82) is 0 Å². The highest BCUT2D eigenvalue weighted by Crippen LogP contribution is 2.87. The fourth-order valence-corrected chi connectivity index (χ4v) is 5.16. The van der Waals surface area contributed by atoms with Gasteiger partial charge >= 0.3 is 6.09 Å².